The van der Waals surface area contributed by atoms with E-state index in [-0.39, 0.29) is 0 Å². The number of rotatable bonds is 2. The Morgan fingerprint density at radius 2 is 2.06 bits per heavy atom. The van der Waals surface area contributed by atoms with Crippen LogP contribution in [-0.2, 0) is 4.74 Å². The van der Waals surface area contributed by atoms with Crippen molar-refractivity contribution in [2.45, 2.75) is 0 Å². The maximum Gasteiger partial charge on any atom is 0.157 e. The second-order valence-corrected chi connectivity index (χ2v) is 4.23. The molecule has 18 heavy (non-hydrogen) atoms. The summed E-state index contributed by atoms with van der Waals surface area (Å²) in [4.78, 5) is 11.5. The van der Waals surface area contributed by atoms with Crippen LogP contribution in [0.3, 0.4) is 0 Å². The molecule has 0 saturated carbocycles. The van der Waals surface area contributed by atoms with E-state index in [0.717, 1.165) is 42.9 Å². The summed E-state index contributed by atoms with van der Waals surface area (Å²) >= 11 is 0. The zero-order valence-corrected chi connectivity index (χ0v) is 10.0. The van der Waals surface area contributed by atoms with Crippen molar-refractivity contribution in [3.63, 3.8) is 0 Å². The fourth-order valence-electron chi connectivity index (χ4n) is 2.23. The van der Waals surface area contributed by atoms with Gasteiger partial charge in [-0.25, -0.2) is 0 Å². The van der Waals surface area contributed by atoms with E-state index < -0.39 is 0 Å². The van der Waals surface area contributed by atoms with Gasteiger partial charge in [0.1, 0.15) is 0 Å². The minimum atomic E-state index is 0.648. The number of fused-ring (bicyclic) bond motifs is 1. The van der Waals surface area contributed by atoms with E-state index in [0.29, 0.717) is 5.75 Å². The molecule has 1 aromatic heterocycles. The topological polar surface area (TPSA) is 60.6 Å². The molecule has 0 unspecified atom stereocenters. The van der Waals surface area contributed by atoms with Gasteiger partial charge in [-0.2, -0.15) is 5.90 Å². The summed E-state index contributed by atoms with van der Waals surface area (Å²) in [5, 5.41) is 0.934. The number of benzene rings is 1. The van der Waals surface area contributed by atoms with Gasteiger partial charge in [-0.3, -0.25) is 4.98 Å². The number of anilines is 1. The second-order valence-electron chi connectivity index (χ2n) is 4.23. The highest BCUT2D eigenvalue weighted by Crippen LogP contribution is 2.28. The fraction of sp³-hybridized carbons (Fsp3) is 0.308. The maximum absolute atomic E-state index is 5.35. The van der Waals surface area contributed by atoms with Gasteiger partial charge in [0.15, 0.2) is 5.75 Å². The highest BCUT2D eigenvalue weighted by molar-refractivity contribution is 5.88. The van der Waals surface area contributed by atoms with Crippen molar-refractivity contribution in [3.05, 3.63) is 30.5 Å². The van der Waals surface area contributed by atoms with Gasteiger partial charge in [0.25, 0.3) is 0 Å². The Labute approximate surface area is 105 Å². The van der Waals surface area contributed by atoms with Gasteiger partial charge < -0.3 is 14.5 Å². The van der Waals surface area contributed by atoms with E-state index in [9.17, 15) is 0 Å². The smallest absolute Gasteiger partial charge is 0.157 e. The molecule has 0 atom stereocenters. The van der Waals surface area contributed by atoms with Gasteiger partial charge in [-0.15, -0.1) is 0 Å². The van der Waals surface area contributed by atoms with Crippen LogP contribution in [0.1, 0.15) is 0 Å². The number of nitrogens with two attached hydrogens (primary N) is 1. The largest absolute Gasteiger partial charge is 0.411 e. The molecule has 2 heterocycles. The van der Waals surface area contributed by atoms with Crippen molar-refractivity contribution in [3.8, 4) is 5.75 Å². The lowest BCUT2D eigenvalue weighted by atomic mass is 10.1. The van der Waals surface area contributed by atoms with Crippen LogP contribution in [-0.4, -0.2) is 31.3 Å². The molecule has 1 aromatic carbocycles. The average molecular weight is 245 g/mol. The summed E-state index contributed by atoms with van der Waals surface area (Å²) in [7, 11) is 0. The first-order valence-corrected chi connectivity index (χ1v) is 5.97. The van der Waals surface area contributed by atoms with Gasteiger partial charge >= 0.3 is 0 Å². The predicted molar refractivity (Wildman–Crippen MR) is 69.6 cm³/mol. The monoisotopic (exact) mass is 245 g/mol. The number of hydrogen-bond donors (Lipinski definition) is 1. The van der Waals surface area contributed by atoms with E-state index >= 15 is 0 Å². The SMILES string of the molecule is NOc1ccnc2ccc(N3CCOCC3)cc12. The molecule has 0 aliphatic carbocycles. The molecule has 3 rings (SSSR count). The van der Waals surface area contributed by atoms with E-state index in [4.69, 9.17) is 15.5 Å². The van der Waals surface area contributed by atoms with Crippen LogP contribution in [0.5, 0.6) is 5.75 Å². The summed E-state index contributed by atoms with van der Waals surface area (Å²) < 4.78 is 5.35. The van der Waals surface area contributed by atoms with Crippen LogP contribution in [0.15, 0.2) is 30.5 Å². The van der Waals surface area contributed by atoms with E-state index in [1.807, 2.05) is 6.07 Å². The van der Waals surface area contributed by atoms with Crippen molar-refractivity contribution in [2.24, 2.45) is 5.90 Å². The fourth-order valence-corrected chi connectivity index (χ4v) is 2.23. The molecular weight excluding hydrogens is 230 g/mol. The standard InChI is InChI=1S/C13H15N3O2/c14-18-13-3-4-15-12-2-1-10(9-11(12)13)16-5-7-17-8-6-16/h1-4,9H,5-8,14H2. The Bertz CT molecular complexity index is 553. The molecule has 0 amide bonds. The van der Waals surface area contributed by atoms with Gasteiger partial charge in [0.2, 0.25) is 0 Å². The van der Waals surface area contributed by atoms with Gasteiger partial charge in [0.05, 0.1) is 18.7 Å². The van der Waals surface area contributed by atoms with E-state index in [1.54, 1.807) is 12.3 Å². The minimum absolute atomic E-state index is 0.648. The molecule has 5 heteroatoms. The molecule has 1 fully saturated rings. The molecule has 5 nitrogen and oxygen atoms in total. The van der Waals surface area contributed by atoms with Crippen LogP contribution in [0.25, 0.3) is 10.9 Å². The first-order chi connectivity index (χ1) is 8.88. The number of pyridine rings is 1. The van der Waals surface area contributed by atoms with Gasteiger partial charge in [-0.1, -0.05) is 0 Å². The molecule has 2 N–H and O–H groups in total. The lowest BCUT2D eigenvalue weighted by molar-refractivity contribution is 0.122. The lowest BCUT2D eigenvalue weighted by Gasteiger charge is -2.29. The number of nitrogens with zero attached hydrogens (tertiary/aromatic N) is 2. The van der Waals surface area contributed by atoms with Crippen LogP contribution in [0.4, 0.5) is 5.69 Å². The van der Waals surface area contributed by atoms with Gasteiger partial charge in [-0.05, 0) is 18.2 Å². The van der Waals surface area contributed by atoms with Crippen LogP contribution in [0, 0.1) is 0 Å². The third kappa shape index (κ3) is 1.98. The summed E-state index contributed by atoms with van der Waals surface area (Å²) in [5.41, 5.74) is 2.03. The molecule has 1 aliphatic heterocycles. The molecule has 0 radical (unpaired) electrons. The molecular formula is C13H15N3O2. The number of aromatic nitrogens is 1. The Hall–Kier alpha value is -1.85. The molecule has 1 saturated heterocycles. The molecule has 2 aromatic rings. The molecule has 0 bridgehead atoms. The zero-order valence-electron chi connectivity index (χ0n) is 10.0. The van der Waals surface area contributed by atoms with Crippen molar-refractivity contribution in [1.29, 1.82) is 0 Å². The number of ether oxygens (including phenoxy) is 1. The zero-order chi connectivity index (χ0) is 12.4. The summed E-state index contributed by atoms with van der Waals surface area (Å²) in [6.45, 7) is 3.35. The summed E-state index contributed by atoms with van der Waals surface area (Å²) in [5.74, 6) is 5.93. The normalized spacial score (nSPS) is 15.9. The van der Waals surface area contributed by atoms with Crippen molar-refractivity contribution in [2.75, 3.05) is 31.2 Å². The van der Waals surface area contributed by atoms with Crippen LogP contribution in [0.2, 0.25) is 0 Å². The highest BCUT2D eigenvalue weighted by Gasteiger charge is 2.12. The minimum Gasteiger partial charge on any atom is -0.411 e. The third-order valence-corrected chi connectivity index (χ3v) is 3.19. The number of morpholine rings is 1. The van der Waals surface area contributed by atoms with Gasteiger partial charge in [0, 0.05) is 36.4 Å². The lowest BCUT2D eigenvalue weighted by Crippen LogP contribution is -2.36. The third-order valence-electron chi connectivity index (χ3n) is 3.19. The quantitative estimate of drug-likeness (QED) is 0.809. The Morgan fingerprint density at radius 1 is 1.22 bits per heavy atom. The molecule has 1 aliphatic rings. The second kappa shape index (κ2) is 4.80. The highest BCUT2D eigenvalue weighted by atomic mass is 16.6. The average Bonchev–Trinajstić information content (AvgIpc) is 2.47. The van der Waals surface area contributed by atoms with Crippen LogP contribution >= 0.6 is 0 Å². The Morgan fingerprint density at radius 3 is 2.83 bits per heavy atom. The molecule has 0 spiro atoms. The predicted octanol–water partition coefficient (Wildman–Crippen LogP) is 1.32. The van der Waals surface area contributed by atoms with Crippen molar-refractivity contribution < 1.29 is 9.57 Å². The first-order valence-electron chi connectivity index (χ1n) is 5.97. The summed E-state index contributed by atoms with van der Waals surface area (Å²) in [6, 6.07) is 7.89. The number of hydrogen-bond acceptors (Lipinski definition) is 5. The van der Waals surface area contributed by atoms with Crippen molar-refractivity contribution in [1.82, 2.24) is 4.98 Å². The van der Waals surface area contributed by atoms with Crippen molar-refractivity contribution >= 4 is 16.6 Å². The Balaban J connectivity index is 2.03. The Kier molecular flexibility index (Phi) is 3.00. The van der Waals surface area contributed by atoms with Crippen LogP contribution < -0.4 is 15.6 Å². The first kappa shape index (κ1) is 11.3. The van der Waals surface area contributed by atoms with E-state index in [1.165, 1.54) is 0 Å². The molecule has 94 valence electrons. The maximum atomic E-state index is 5.35. The van der Waals surface area contributed by atoms with E-state index in [2.05, 4.69) is 22.0 Å². The summed E-state index contributed by atoms with van der Waals surface area (Å²) in [6.07, 6.45) is 1.69.